The van der Waals surface area contributed by atoms with Crippen LogP contribution in [-0.2, 0) is 0 Å². The number of nitrogens with one attached hydrogen (secondary N) is 1. The number of hydrogen-bond acceptors (Lipinski definition) is 2. The Hall–Kier alpha value is -3.18. The van der Waals surface area contributed by atoms with E-state index in [0.29, 0.717) is 0 Å². The highest BCUT2D eigenvalue weighted by Crippen LogP contribution is 2.29. The van der Waals surface area contributed by atoms with E-state index in [9.17, 15) is 0 Å². The number of hydrogen-bond donors (Lipinski definition) is 1. The molecule has 0 amide bonds. The quantitative estimate of drug-likeness (QED) is 0.657. The fourth-order valence-electron chi connectivity index (χ4n) is 2.27. The van der Waals surface area contributed by atoms with Gasteiger partial charge in [-0.2, -0.15) is 0 Å². The molecule has 1 atom stereocenters. The van der Waals surface area contributed by atoms with Crippen molar-refractivity contribution < 1.29 is 4.74 Å². The zero-order valence-electron chi connectivity index (χ0n) is 13.6. The highest BCUT2D eigenvalue weighted by atomic mass is 16.5. The summed E-state index contributed by atoms with van der Waals surface area (Å²) in [5, 5.41) is 3.40. The van der Waals surface area contributed by atoms with Crippen LogP contribution in [-0.4, -0.2) is 6.04 Å². The van der Waals surface area contributed by atoms with Crippen molar-refractivity contribution in [2.45, 2.75) is 13.0 Å². The molecule has 3 aromatic carbocycles. The molecule has 0 heterocycles. The lowest BCUT2D eigenvalue weighted by atomic mass is 10.2. The largest absolute Gasteiger partial charge is 0.455 e. The number of anilines is 1. The predicted octanol–water partition coefficient (Wildman–Crippen LogP) is 5.33. The SMILES string of the molecule is C[C@@H](C#Cc1ccccc1)Nc1ccccc1Oc1ccccc1. The van der Waals surface area contributed by atoms with Crippen molar-refractivity contribution in [1.82, 2.24) is 0 Å². The lowest BCUT2D eigenvalue weighted by molar-refractivity contribution is 0.484. The third-order valence-electron chi connectivity index (χ3n) is 3.44. The van der Waals surface area contributed by atoms with E-state index >= 15 is 0 Å². The summed E-state index contributed by atoms with van der Waals surface area (Å²) in [5.41, 5.74) is 1.94. The minimum atomic E-state index is 0.00531. The lowest BCUT2D eigenvalue weighted by Crippen LogP contribution is -2.13. The van der Waals surface area contributed by atoms with Gasteiger partial charge in [-0.25, -0.2) is 0 Å². The maximum absolute atomic E-state index is 5.96. The lowest BCUT2D eigenvalue weighted by Gasteiger charge is -2.14. The Morgan fingerprint density at radius 3 is 2.17 bits per heavy atom. The van der Waals surface area contributed by atoms with Crippen LogP contribution in [0.5, 0.6) is 11.5 Å². The summed E-state index contributed by atoms with van der Waals surface area (Å²) in [6.07, 6.45) is 0. The third kappa shape index (κ3) is 4.41. The van der Waals surface area contributed by atoms with E-state index < -0.39 is 0 Å². The first-order valence-corrected chi connectivity index (χ1v) is 7.96. The van der Waals surface area contributed by atoms with Crippen molar-refractivity contribution in [2.75, 3.05) is 5.32 Å². The molecular formula is C22H19NO. The standard InChI is InChI=1S/C22H19NO/c1-18(16-17-19-10-4-2-5-11-19)23-21-14-8-9-15-22(21)24-20-12-6-3-7-13-20/h2-15,18,23H,1H3/t18-/m0/s1. The van der Waals surface area contributed by atoms with Gasteiger partial charge in [-0.15, -0.1) is 0 Å². The van der Waals surface area contributed by atoms with Crippen LogP contribution in [0.4, 0.5) is 5.69 Å². The third-order valence-corrected chi connectivity index (χ3v) is 3.44. The molecule has 1 N–H and O–H groups in total. The van der Waals surface area contributed by atoms with Crippen LogP contribution in [0, 0.1) is 11.8 Å². The Balaban J connectivity index is 1.72. The van der Waals surface area contributed by atoms with Gasteiger partial charge in [-0.3, -0.25) is 0 Å². The van der Waals surface area contributed by atoms with Crippen LogP contribution in [0.25, 0.3) is 0 Å². The summed E-state index contributed by atoms with van der Waals surface area (Å²) in [4.78, 5) is 0. The summed E-state index contributed by atoms with van der Waals surface area (Å²) in [5.74, 6) is 8.01. The zero-order valence-corrected chi connectivity index (χ0v) is 13.6. The van der Waals surface area contributed by atoms with Crippen LogP contribution >= 0.6 is 0 Å². The van der Waals surface area contributed by atoms with E-state index in [1.165, 1.54) is 0 Å². The molecule has 0 radical (unpaired) electrons. The van der Waals surface area contributed by atoms with Gasteiger partial charge in [0.25, 0.3) is 0 Å². The summed E-state index contributed by atoms with van der Waals surface area (Å²) in [6.45, 7) is 2.04. The van der Waals surface area contributed by atoms with E-state index in [2.05, 4.69) is 17.2 Å². The van der Waals surface area contributed by atoms with Crippen LogP contribution in [0.1, 0.15) is 12.5 Å². The second-order valence-corrected chi connectivity index (χ2v) is 5.41. The predicted molar refractivity (Wildman–Crippen MR) is 99.4 cm³/mol. The van der Waals surface area contributed by atoms with Gasteiger partial charge in [0, 0.05) is 5.56 Å². The molecule has 0 fully saturated rings. The van der Waals surface area contributed by atoms with Crippen molar-refractivity contribution in [3.05, 3.63) is 90.5 Å². The molecule has 0 aliphatic carbocycles. The summed E-state index contributed by atoms with van der Waals surface area (Å²) in [6, 6.07) is 27.7. The van der Waals surface area contributed by atoms with E-state index in [1.807, 2.05) is 91.9 Å². The highest BCUT2D eigenvalue weighted by Gasteiger charge is 2.06. The van der Waals surface area contributed by atoms with Crippen LogP contribution in [0.3, 0.4) is 0 Å². The monoisotopic (exact) mass is 313 g/mol. The number of ether oxygens (including phenoxy) is 1. The van der Waals surface area contributed by atoms with Gasteiger partial charge in [0.2, 0.25) is 0 Å². The second-order valence-electron chi connectivity index (χ2n) is 5.41. The molecule has 3 rings (SSSR count). The first-order chi connectivity index (χ1) is 11.8. The molecule has 0 aliphatic heterocycles. The van der Waals surface area contributed by atoms with E-state index in [-0.39, 0.29) is 6.04 Å². The first kappa shape index (κ1) is 15.7. The average Bonchev–Trinajstić information content (AvgIpc) is 2.63. The average molecular weight is 313 g/mol. The molecule has 24 heavy (non-hydrogen) atoms. The second kappa shape index (κ2) is 7.89. The van der Waals surface area contributed by atoms with Crippen molar-refractivity contribution in [1.29, 1.82) is 0 Å². The molecule has 0 saturated carbocycles. The molecule has 2 nitrogen and oxygen atoms in total. The van der Waals surface area contributed by atoms with Crippen molar-refractivity contribution in [2.24, 2.45) is 0 Å². The maximum Gasteiger partial charge on any atom is 0.150 e. The van der Waals surface area contributed by atoms with Crippen LogP contribution in [0.15, 0.2) is 84.9 Å². The highest BCUT2D eigenvalue weighted by molar-refractivity contribution is 5.59. The van der Waals surface area contributed by atoms with Crippen LogP contribution < -0.4 is 10.1 Å². The van der Waals surface area contributed by atoms with Gasteiger partial charge in [-0.05, 0) is 43.3 Å². The van der Waals surface area contributed by atoms with Gasteiger partial charge in [0.1, 0.15) is 5.75 Å². The Morgan fingerprint density at radius 2 is 1.42 bits per heavy atom. The minimum Gasteiger partial charge on any atom is -0.455 e. The molecule has 2 heteroatoms. The van der Waals surface area contributed by atoms with Gasteiger partial charge in [0.05, 0.1) is 11.7 Å². The number of benzene rings is 3. The van der Waals surface area contributed by atoms with E-state index in [0.717, 1.165) is 22.7 Å². The fourth-order valence-corrected chi connectivity index (χ4v) is 2.27. The number of rotatable bonds is 4. The normalized spacial score (nSPS) is 11.0. The molecule has 3 aromatic rings. The Bertz CT molecular complexity index is 832. The van der Waals surface area contributed by atoms with Gasteiger partial charge in [0.15, 0.2) is 5.75 Å². The Morgan fingerprint density at radius 1 is 0.792 bits per heavy atom. The topological polar surface area (TPSA) is 21.3 Å². The van der Waals surface area contributed by atoms with Crippen LogP contribution in [0.2, 0.25) is 0 Å². The molecule has 0 spiro atoms. The molecule has 0 aliphatic rings. The van der Waals surface area contributed by atoms with E-state index in [1.54, 1.807) is 0 Å². The molecule has 0 aromatic heterocycles. The molecule has 0 bridgehead atoms. The molecule has 118 valence electrons. The van der Waals surface area contributed by atoms with Crippen molar-refractivity contribution in [3.8, 4) is 23.3 Å². The summed E-state index contributed by atoms with van der Waals surface area (Å²) in [7, 11) is 0. The fraction of sp³-hybridized carbons (Fsp3) is 0.0909. The first-order valence-electron chi connectivity index (χ1n) is 7.96. The molecular weight excluding hydrogens is 294 g/mol. The van der Waals surface area contributed by atoms with Gasteiger partial charge in [-0.1, -0.05) is 60.4 Å². The summed E-state index contributed by atoms with van der Waals surface area (Å²) < 4.78 is 5.96. The Labute approximate surface area is 143 Å². The van der Waals surface area contributed by atoms with Gasteiger partial charge < -0.3 is 10.1 Å². The van der Waals surface area contributed by atoms with E-state index in [4.69, 9.17) is 4.74 Å². The minimum absolute atomic E-state index is 0.00531. The van der Waals surface area contributed by atoms with Gasteiger partial charge >= 0.3 is 0 Å². The molecule has 0 saturated heterocycles. The molecule has 0 unspecified atom stereocenters. The smallest absolute Gasteiger partial charge is 0.150 e. The maximum atomic E-state index is 5.96. The zero-order chi connectivity index (χ0) is 16.6. The Kier molecular flexibility index (Phi) is 5.17. The van der Waals surface area contributed by atoms with Crippen molar-refractivity contribution >= 4 is 5.69 Å². The number of para-hydroxylation sites is 3. The summed E-state index contributed by atoms with van der Waals surface area (Å²) >= 11 is 0. The van der Waals surface area contributed by atoms with Crippen molar-refractivity contribution in [3.63, 3.8) is 0 Å².